The van der Waals surface area contributed by atoms with E-state index in [2.05, 4.69) is 10.3 Å². The number of amides is 2. The van der Waals surface area contributed by atoms with Gasteiger partial charge in [-0.3, -0.25) is 14.4 Å². The Morgan fingerprint density at radius 3 is 2.55 bits per heavy atom. The highest BCUT2D eigenvalue weighted by Crippen LogP contribution is 2.38. The number of ketones is 1. The Bertz CT molecular complexity index is 1810. The SMILES string of the molecule is C[C@@H]1C(=O)Cc2cc(Cl)ccc2C(=O)N1Cc1ccc(C(=O)Nc2ccc(C(F)(F)F)cn2)c(-c2ccc3c(c2)OCO3)c1. The van der Waals surface area contributed by atoms with Gasteiger partial charge >= 0.3 is 6.18 Å². The maximum Gasteiger partial charge on any atom is 0.417 e. The summed E-state index contributed by atoms with van der Waals surface area (Å²) in [5.41, 5.74) is 1.89. The number of benzene rings is 3. The Hall–Kier alpha value is -4.90. The monoisotopic (exact) mass is 621 g/mol. The summed E-state index contributed by atoms with van der Waals surface area (Å²) in [5, 5.41) is 2.98. The number of nitrogens with zero attached hydrogens (tertiary/aromatic N) is 2. The van der Waals surface area contributed by atoms with E-state index in [1.807, 2.05) is 0 Å². The highest BCUT2D eigenvalue weighted by molar-refractivity contribution is 6.30. The van der Waals surface area contributed by atoms with Crippen molar-refractivity contribution >= 4 is 35.0 Å². The zero-order valence-corrected chi connectivity index (χ0v) is 23.8. The number of ether oxygens (including phenoxy) is 2. The largest absolute Gasteiger partial charge is 0.454 e. The lowest BCUT2D eigenvalue weighted by Gasteiger charge is -2.27. The summed E-state index contributed by atoms with van der Waals surface area (Å²) in [6.45, 7) is 1.78. The van der Waals surface area contributed by atoms with E-state index in [1.54, 1.807) is 61.5 Å². The first-order chi connectivity index (χ1) is 21.0. The molecule has 0 aliphatic carbocycles. The third-order valence-electron chi connectivity index (χ3n) is 7.55. The number of anilines is 1. The molecule has 4 aromatic rings. The van der Waals surface area contributed by atoms with Gasteiger partial charge in [-0.05, 0) is 83.8 Å². The molecule has 2 aliphatic heterocycles. The summed E-state index contributed by atoms with van der Waals surface area (Å²) in [4.78, 5) is 45.3. The molecule has 0 radical (unpaired) electrons. The first kappa shape index (κ1) is 29.2. The molecular weight excluding hydrogens is 599 g/mol. The molecular formula is C32H23ClF3N3O5. The average molecular weight is 622 g/mol. The number of hydrogen-bond donors (Lipinski definition) is 1. The topological polar surface area (TPSA) is 97.8 Å². The van der Waals surface area contributed by atoms with Crippen molar-refractivity contribution in [1.82, 2.24) is 9.88 Å². The zero-order chi connectivity index (χ0) is 31.2. The van der Waals surface area contributed by atoms with Crippen LogP contribution in [0.25, 0.3) is 11.1 Å². The molecule has 2 aliphatic rings. The molecule has 0 saturated heterocycles. The van der Waals surface area contributed by atoms with E-state index in [0.29, 0.717) is 50.5 Å². The lowest BCUT2D eigenvalue weighted by Crippen LogP contribution is -2.41. The molecule has 0 spiro atoms. The molecule has 6 rings (SSSR count). The van der Waals surface area contributed by atoms with E-state index < -0.39 is 23.7 Å². The fourth-order valence-electron chi connectivity index (χ4n) is 5.17. The lowest BCUT2D eigenvalue weighted by molar-refractivity contribution is -0.137. The van der Waals surface area contributed by atoms with Crippen LogP contribution in [-0.4, -0.2) is 40.3 Å². The number of Topliss-reactive ketones (excluding diaryl/α,β-unsaturated/α-hetero) is 1. The summed E-state index contributed by atoms with van der Waals surface area (Å²) >= 11 is 6.12. The number of aromatic nitrogens is 1. The van der Waals surface area contributed by atoms with Crippen molar-refractivity contribution in [3.05, 3.63) is 106 Å². The maximum atomic E-state index is 13.6. The van der Waals surface area contributed by atoms with E-state index in [4.69, 9.17) is 21.1 Å². The molecule has 0 saturated carbocycles. The van der Waals surface area contributed by atoms with Gasteiger partial charge in [-0.15, -0.1) is 0 Å². The van der Waals surface area contributed by atoms with Crippen LogP contribution in [0.1, 0.15) is 44.3 Å². The molecule has 224 valence electrons. The van der Waals surface area contributed by atoms with Crippen molar-refractivity contribution in [3.63, 3.8) is 0 Å². The van der Waals surface area contributed by atoms with Crippen molar-refractivity contribution in [1.29, 1.82) is 0 Å². The first-order valence-electron chi connectivity index (χ1n) is 13.5. The fourth-order valence-corrected chi connectivity index (χ4v) is 5.37. The van der Waals surface area contributed by atoms with Crippen LogP contribution in [0.15, 0.2) is 72.9 Å². The van der Waals surface area contributed by atoms with Crippen LogP contribution >= 0.6 is 11.6 Å². The summed E-state index contributed by atoms with van der Waals surface area (Å²) in [6.07, 6.45) is -3.85. The molecule has 1 N–H and O–H groups in total. The Labute approximate surface area is 254 Å². The van der Waals surface area contributed by atoms with Crippen LogP contribution in [0.2, 0.25) is 5.02 Å². The normalized spacial score (nSPS) is 16.0. The molecule has 3 aromatic carbocycles. The Kier molecular flexibility index (Phi) is 7.50. The number of rotatable bonds is 5. The van der Waals surface area contributed by atoms with Crippen molar-refractivity contribution < 1.29 is 37.0 Å². The molecule has 0 fully saturated rings. The Morgan fingerprint density at radius 1 is 1.00 bits per heavy atom. The quantitative estimate of drug-likeness (QED) is 0.271. The summed E-state index contributed by atoms with van der Waals surface area (Å²) in [5.74, 6) is -0.140. The number of hydrogen-bond acceptors (Lipinski definition) is 6. The maximum absolute atomic E-state index is 13.6. The van der Waals surface area contributed by atoms with E-state index >= 15 is 0 Å². The number of halogens is 4. The molecule has 2 amide bonds. The molecule has 44 heavy (non-hydrogen) atoms. The standard InChI is InChI=1S/C32H23ClF3N3O5/c1-17-26(40)12-20-11-22(33)5-7-23(20)31(42)39(17)15-18-2-6-24(25(10-18)19-3-8-27-28(13-19)44-16-43-27)30(41)38-29-9-4-21(14-37-29)32(34,35)36/h2-11,13-14,17H,12,15-16H2,1H3,(H,37,38,41)/t17-/m1/s1. The third-order valence-corrected chi connectivity index (χ3v) is 7.79. The van der Waals surface area contributed by atoms with E-state index in [9.17, 15) is 27.6 Å². The minimum Gasteiger partial charge on any atom is -0.454 e. The van der Waals surface area contributed by atoms with E-state index in [-0.39, 0.29) is 42.8 Å². The van der Waals surface area contributed by atoms with Gasteiger partial charge in [-0.25, -0.2) is 4.98 Å². The van der Waals surface area contributed by atoms with Gasteiger partial charge in [-0.2, -0.15) is 13.2 Å². The van der Waals surface area contributed by atoms with Gasteiger partial charge in [0, 0.05) is 35.3 Å². The highest BCUT2D eigenvalue weighted by atomic mass is 35.5. The van der Waals surface area contributed by atoms with Crippen LogP contribution in [-0.2, 0) is 23.9 Å². The number of pyridine rings is 1. The van der Waals surface area contributed by atoms with Crippen molar-refractivity contribution in [2.75, 3.05) is 12.1 Å². The van der Waals surface area contributed by atoms with Gasteiger partial charge in [0.05, 0.1) is 11.6 Å². The van der Waals surface area contributed by atoms with E-state index in [1.165, 1.54) is 4.90 Å². The molecule has 12 heteroatoms. The Morgan fingerprint density at radius 2 is 1.80 bits per heavy atom. The highest BCUT2D eigenvalue weighted by Gasteiger charge is 2.33. The van der Waals surface area contributed by atoms with Crippen LogP contribution in [0.4, 0.5) is 19.0 Å². The van der Waals surface area contributed by atoms with Gasteiger partial charge in [0.1, 0.15) is 5.82 Å². The second-order valence-corrected chi connectivity index (χ2v) is 10.8. The van der Waals surface area contributed by atoms with Gasteiger partial charge < -0.3 is 19.7 Å². The minimum atomic E-state index is -4.57. The lowest BCUT2D eigenvalue weighted by atomic mass is 9.95. The predicted molar refractivity (Wildman–Crippen MR) is 155 cm³/mol. The fraction of sp³-hybridized carbons (Fsp3) is 0.188. The summed E-state index contributed by atoms with van der Waals surface area (Å²) in [7, 11) is 0. The van der Waals surface area contributed by atoms with Crippen LogP contribution in [0, 0.1) is 0 Å². The average Bonchev–Trinajstić information content (AvgIpc) is 3.44. The number of alkyl halides is 3. The molecule has 1 aromatic heterocycles. The Balaban J connectivity index is 1.35. The summed E-state index contributed by atoms with van der Waals surface area (Å²) < 4.78 is 49.9. The second kappa shape index (κ2) is 11.3. The molecule has 0 bridgehead atoms. The number of carbonyl (C=O) groups is 3. The number of fused-ring (bicyclic) bond motifs is 2. The second-order valence-electron chi connectivity index (χ2n) is 10.4. The van der Waals surface area contributed by atoms with Gasteiger partial charge in [0.25, 0.3) is 11.8 Å². The first-order valence-corrected chi connectivity index (χ1v) is 13.9. The van der Waals surface area contributed by atoms with Crippen molar-refractivity contribution in [3.8, 4) is 22.6 Å². The number of nitrogens with one attached hydrogen (secondary N) is 1. The van der Waals surface area contributed by atoms with Gasteiger partial charge in [0.2, 0.25) is 6.79 Å². The van der Waals surface area contributed by atoms with Crippen molar-refractivity contribution in [2.45, 2.75) is 32.1 Å². The third kappa shape index (κ3) is 5.70. The summed E-state index contributed by atoms with van der Waals surface area (Å²) in [6, 6.07) is 16.1. The van der Waals surface area contributed by atoms with Crippen LogP contribution in [0.5, 0.6) is 11.5 Å². The molecule has 8 nitrogen and oxygen atoms in total. The van der Waals surface area contributed by atoms with Crippen LogP contribution in [0.3, 0.4) is 0 Å². The zero-order valence-electron chi connectivity index (χ0n) is 23.1. The smallest absolute Gasteiger partial charge is 0.417 e. The predicted octanol–water partition coefficient (Wildman–Crippen LogP) is 6.56. The van der Waals surface area contributed by atoms with Crippen molar-refractivity contribution in [2.24, 2.45) is 0 Å². The minimum absolute atomic E-state index is 0.0431. The molecule has 3 heterocycles. The van der Waals surface area contributed by atoms with Crippen LogP contribution < -0.4 is 14.8 Å². The van der Waals surface area contributed by atoms with E-state index in [0.717, 1.165) is 12.1 Å². The molecule has 1 atom stereocenters. The molecule has 0 unspecified atom stereocenters. The van der Waals surface area contributed by atoms with Gasteiger partial charge in [0.15, 0.2) is 17.3 Å². The number of carbonyl (C=O) groups excluding carboxylic acids is 3. The van der Waals surface area contributed by atoms with Gasteiger partial charge in [-0.1, -0.05) is 23.7 Å².